The molecule has 0 bridgehead atoms. The minimum Gasteiger partial charge on any atom is -0.326 e. The molecule has 0 radical (unpaired) electrons. The lowest BCUT2D eigenvalue weighted by Crippen LogP contribution is -2.39. The fourth-order valence-corrected chi connectivity index (χ4v) is 2.41. The Labute approximate surface area is 142 Å². The van der Waals surface area contributed by atoms with Gasteiger partial charge in [-0.05, 0) is 43.7 Å². The van der Waals surface area contributed by atoms with Crippen LogP contribution in [0.3, 0.4) is 0 Å². The molecule has 24 heavy (non-hydrogen) atoms. The molecule has 2 rings (SSSR count). The minimum atomic E-state index is -0.357. The maximum atomic E-state index is 12.3. The first kappa shape index (κ1) is 17.7. The van der Waals surface area contributed by atoms with Gasteiger partial charge in [-0.15, -0.1) is 0 Å². The average Bonchev–Trinajstić information content (AvgIpc) is 2.55. The molecule has 0 aromatic heterocycles. The van der Waals surface area contributed by atoms with Crippen LogP contribution in [0, 0.1) is 0 Å². The lowest BCUT2D eigenvalue weighted by molar-refractivity contribution is -0.118. The monoisotopic (exact) mass is 325 g/mol. The van der Waals surface area contributed by atoms with Crippen molar-refractivity contribution in [2.75, 3.05) is 10.6 Å². The van der Waals surface area contributed by atoms with Crippen LogP contribution in [0.4, 0.5) is 11.4 Å². The number of hydrogen-bond donors (Lipinski definition) is 3. The van der Waals surface area contributed by atoms with Gasteiger partial charge in [-0.3, -0.25) is 14.9 Å². The molecule has 0 aliphatic carbocycles. The lowest BCUT2D eigenvalue weighted by Gasteiger charge is -2.20. The number of amides is 2. The van der Waals surface area contributed by atoms with Crippen LogP contribution in [-0.2, 0) is 9.59 Å². The Bertz CT molecular complexity index is 701. The van der Waals surface area contributed by atoms with Crippen LogP contribution in [0.5, 0.6) is 0 Å². The van der Waals surface area contributed by atoms with E-state index in [9.17, 15) is 9.59 Å². The summed E-state index contributed by atoms with van der Waals surface area (Å²) in [6.07, 6.45) is 0. The average molecular weight is 325 g/mol. The van der Waals surface area contributed by atoms with Crippen molar-refractivity contribution in [1.82, 2.24) is 5.32 Å². The molecular weight excluding hydrogens is 302 g/mol. The maximum Gasteiger partial charge on any atom is 0.241 e. The van der Waals surface area contributed by atoms with Crippen molar-refractivity contribution in [3.8, 4) is 0 Å². The first-order valence-electron chi connectivity index (χ1n) is 7.95. The van der Waals surface area contributed by atoms with Gasteiger partial charge in [0.15, 0.2) is 0 Å². The largest absolute Gasteiger partial charge is 0.326 e. The van der Waals surface area contributed by atoms with Crippen LogP contribution in [0.2, 0.25) is 0 Å². The number of benzene rings is 2. The Morgan fingerprint density at radius 2 is 1.54 bits per heavy atom. The van der Waals surface area contributed by atoms with Crippen LogP contribution in [0.15, 0.2) is 54.6 Å². The molecule has 2 atom stereocenters. The highest BCUT2D eigenvalue weighted by Gasteiger charge is 2.16. The molecule has 2 aromatic carbocycles. The van der Waals surface area contributed by atoms with Crippen LogP contribution >= 0.6 is 0 Å². The third-order valence-corrected chi connectivity index (χ3v) is 3.64. The number of anilines is 2. The van der Waals surface area contributed by atoms with Gasteiger partial charge in [0.25, 0.3) is 0 Å². The Morgan fingerprint density at radius 1 is 0.875 bits per heavy atom. The second kappa shape index (κ2) is 8.26. The highest BCUT2D eigenvalue weighted by molar-refractivity contribution is 5.94. The molecule has 3 N–H and O–H groups in total. The van der Waals surface area contributed by atoms with E-state index in [2.05, 4.69) is 16.0 Å². The highest BCUT2D eigenvalue weighted by atomic mass is 16.2. The molecule has 0 heterocycles. The molecule has 5 heteroatoms. The van der Waals surface area contributed by atoms with Crippen LogP contribution in [0.1, 0.15) is 32.4 Å². The Balaban J connectivity index is 1.96. The normalized spacial score (nSPS) is 13.0. The Kier molecular flexibility index (Phi) is 6.09. The molecule has 0 fully saturated rings. The van der Waals surface area contributed by atoms with Crippen molar-refractivity contribution < 1.29 is 9.59 Å². The van der Waals surface area contributed by atoms with Gasteiger partial charge >= 0.3 is 0 Å². The van der Waals surface area contributed by atoms with Gasteiger partial charge in [0.1, 0.15) is 0 Å². The van der Waals surface area contributed by atoms with E-state index in [4.69, 9.17) is 0 Å². The minimum absolute atomic E-state index is 0.0322. The van der Waals surface area contributed by atoms with Crippen LogP contribution in [0.25, 0.3) is 0 Å². The molecule has 2 amide bonds. The van der Waals surface area contributed by atoms with Crippen molar-refractivity contribution in [3.63, 3.8) is 0 Å². The second-order valence-electron chi connectivity index (χ2n) is 5.77. The summed E-state index contributed by atoms with van der Waals surface area (Å²) in [5.41, 5.74) is 2.52. The third-order valence-electron chi connectivity index (χ3n) is 3.64. The molecule has 0 saturated carbocycles. The van der Waals surface area contributed by atoms with Gasteiger partial charge < -0.3 is 10.6 Å². The maximum absolute atomic E-state index is 12.3. The molecular formula is C19H23N3O2. The molecule has 126 valence electrons. The number of hydrogen-bond acceptors (Lipinski definition) is 3. The number of para-hydroxylation sites is 1. The van der Waals surface area contributed by atoms with E-state index in [1.54, 1.807) is 0 Å². The van der Waals surface area contributed by atoms with Crippen molar-refractivity contribution in [2.45, 2.75) is 32.9 Å². The summed E-state index contributed by atoms with van der Waals surface area (Å²) in [6.45, 7) is 5.29. The summed E-state index contributed by atoms with van der Waals surface area (Å²) >= 11 is 0. The number of nitrogens with one attached hydrogen (secondary N) is 3. The van der Waals surface area contributed by atoms with E-state index < -0.39 is 0 Å². The van der Waals surface area contributed by atoms with Gasteiger partial charge in [0.05, 0.1) is 6.04 Å². The fraction of sp³-hybridized carbons (Fsp3) is 0.263. The van der Waals surface area contributed by atoms with Gasteiger partial charge in [-0.1, -0.05) is 30.3 Å². The zero-order chi connectivity index (χ0) is 17.5. The molecule has 5 nitrogen and oxygen atoms in total. The zero-order valence-electron chi connectivity index (χ0n) is 14.2. The SMILES string of the molecule is CC(=O)Nc1cccc(C(C)NC(C)C(=O)Nc2ccccc2)c1. The first-order chi connectivity index (χ1) is 11.5. The predicted octanol–water partition coefficient (Wildman–Crippen LogP) is 3.32. The second-order valence-corrected chi connectivity index (χ2v) is 5.77. The molecule has 2 aromatic rings. The Morgan fingerprint density at radius 3 is 2.21 bits per heavy atom. The van der Waals surface area contributed by atoms with Gasteiger partial charge in [0, 0.05) is 24.3 Å². The summed E-state index contributed by atoms with van der Waals surface area (Å²) in [6, 6.07) is 16.6. The highest BCUT2D eigenvalue weighted by Crippen LogP contribution is 2.18. The van der Waals surface area contributed by atoms with Gasteiger partial charge in [-0.25, -0.2) is 0 Å². The summed E-state index contributed by atoms with van der Waals surface area (Å²) in [5, 5.41) is 8.91. The van der Waals surface area contributed by atoms with Crippen LogP contribution in [-0.4, -0.2) is 17.9 Å². The van der Waals surface area contributed by atoms with E-state index in [1.165, 1.54) is 6.92 Å². The first-order valence-corrected chi connectivity index (χ1v) is 7.95. The van der Waals surface area contributed by atoms with E-state index in [-0.39, 0.29) is 23.9 Å². The van der Waals surface area contributed by atoms with Crippen molar-refractivity contribution in [3.05, 3.63) is 60.2 Å². The Hall–Kier alpha value is -2.66. The number of rotatable bonds is 6. The summed E-state index contributed by atoms with van der Waals surface area (Å²) in [7, 11) is 0. The summed E-state index contributed by atoms with van der Waals surface area (Å²) in [4.78, 5) is 23.4. The molecule has 2 unspecified atom stereocenters. The van der Waals surface area contributed by atoms with E-state index in [0.717, 1.165) is 16.9 Å². The van der Waals surface area contributed by atoms with E-state index in [1.807, 2.05) is 68.4 Å². The van der Waals surface area contributed by atoms with Gasteiger partial charge in [0.2, 0.25) is 11.8 Å². The topological polar surface area (TPSA) is 70.2 Å². The molecule has 0 spiro atoms. The fourth-order valence-electron chi connectivity index (χ4n) is 2.41. The molecule has 0 saturated heterocycles. The van der Waals surface area contributed by atoms with Crippen LogP contribution < -0.4 is 16.0 Å². The van der Waals surface area contributed by atoms with Crippen molar-refractivity contribution in [2.24, 2.45) is 0 Å². The smallest absolute Gasteiger partial charge is 0.241 e. The predicted molar refractivity (Wildman–Crippen MR) is 96.8 cm³/mol. The lowest BCUT2D eigenvalue weighted by atomic mass is 10.1. The molecule has 0 aliphatic rings. The van der Waals surface area contributed by atoms with E-state index in [0.29, 0.717) is 0 Å². The third kappa shape index (κ3) is 5.21. The number of carbonyl (C=O) groups is 2. The van der Waals surface area contributed by atoms with E-state index >= 15 is 0 Å². The summed E-state index contributed by atoms with van der Waals surface area (Å²) < 4.78 is 0. The van der Waals surface area contributed by atoms with Crippen molar-refractivity contribution in [1.29, 1.82) is 0 Å². The van der Waals surface area contributed by atoms with Crippen molar-refractivity contribution >= 4 is 23.2 Å². The summed E-state index contributed by atoms with van der Waals surface area (Å²) in [5.74, 6) is -0.200. The standard InChI is InChI=1S/C19H23N3O2/c1-13(16-8-7-11-18(12-16)21-15(3)23)20-14(2)19(24)22-17-9-5-4-6-10-17/h4-14,20H,1-3H3,(H,21,23)(H,22,24). The zero-order valence-corrected chi connectivity index (χ0v) is 14.2. The molecule has 0 aliphatic heterocycles. The number of carbonyl (C=O) groups excluding carboxylic acids is 2. The quantitative estimate of drug-likeness (QED) is 0.763. The van der Waals surface area contributed by atoms with Gasteiger partial charge in [-0.2, -0.15) is 0 Å².